The first kappa shape index (κ1) is 16.6. The minimum absolute atomic E-state index is 0.843. The second kappa shape index (κ2) is 7.25. The molecule has 5 rings (SSSR count). The zero-order chi connectivity index (χ0) is 18.1. The Hall–Kier alpha value is -2.51. The van der Waals surface area contributed by atoms with Crippen LogP contribution in [-0.2, 0) is 6.42 Å². The van der Waals surface area contributed by atoms with Crippen LogP contribution in [0, 0.1) is 0 Å². The number of benzene rings is 1. The van der Waals surface area contributed by atoms with E-state index < -0.39 is 0 Å². The number of rotatable bonds is 5. The molecule has 3 aromatic heterocycles. The number of aromatic nitrogens is 3. The minimum atomic E-state index is 0.843. The van der Waals surface area contributed by atoms with Gasteiger partial charge in [0.15, 0.2) is 11.5 Å². The number of piperazine rings is 1. The molecule has 7 heteroatoms. The van der Waals surface area contributed by atoms with Crippen molar-refractivity contribution in [3.63, 3.8) is 0 Å². The summed E-state index contributed by atoms with van der Waals surface area (Å²) in [6, 6.07) is 10.1. The maximum Gasteiger partial charge on any atom is 0.195 e. The predicted octanol–water partition coefficient (Wildman–Crippen LogP) is 3.59. The monoisotopic (exact) mass is 379 g/mol. The van der Waals surface area contributed by atoms with Gasteiger partial charge in [0.05, 0.1) is 5.39 Å². The van der Waals surface area contributed by atoms with E-state index in [1.54, 1.807) is 17.7 Å². The molecule has 138 valence electrons. The lowest BCUT2D eigenvalue weighted by Gasteiger charge is -2.35. The molecule has 0 atom stereocenters. The molecule has 1 saturated heterocycles. The van der Waals surface area contributed by atoms with Crippen LogP contribution in [0.25, 0.3) is 21.3 Å². The van der Waals surface area contributed by atoms with Crippen LogP contribution in [0.5, 0.6) is 0 Å². The summed E-state index contributed by atoms with van der Waals surface area (Å²) in [4.78, 5) is 19.4. The highest BCUT2D eigenvalue weighted by atomic mass is 32.1. The third-order valence-electron chi connectivity index (χ3n) is 5.12. The molecule has 0 spiro atoms. The highest BCUT2D eigenvalue weighted by Crippen LogP contribution is 2.27. The third kappa shape index (κ3) is 3.40. The van der Waals surface area contributed by atoms with Gasteiger partial charge in [-0.25, -0.2) is 15.0 Å². The third-order valence-corrected chi connectivity index (χ3v) is 5.94. The molecule has 0 N–H and O–H groups in total. The van der Waals surface area contributed by atoms with E-state index in [4.69, 9.17) is 4.42 Å². The normalized spacial score (nSPS) is 15.8. The fourth-order valence-electron chi connectivity index (χ4n) is 3.69. The van der Waals surface area contributed by atoms with Crippen molar-refractivity contribution in [3.05, 3.63) is 47.9 Å². The van der Waals surface area contributed by atoms with Crippen molar-refractivity contribution in [2.45, 2.75) is 12.8 Å². The molecular formula is C20H21N5OS. The zero-order valence-electron chi connectivity index (χ0n) is 15.0. The molecule has 0 aliphatic carbocycles. The Morgan fingerprint density at radius 2 is 1.93 bits per heavy atom. The van der Waals surface area contributed by atoms with Crippen LogP contribution in [0.1, 0.15) is 12.3 Å². The summed E-state index contributed by atoms with van der Waals surface area (Å²) in [5.74, 6) is 1.92. The molecule has 0 saturated carbocycles. The first-order valence-corrected chi connectivity index (χ1v) is 10.2. The standard InChI is InChI=1S/C20H21N5OS/c1-2-5-17-16(4-1)23-18(26-17)6-3-8-24-9-11-25(12-10-24)19-15-7-13-27-20(15)22-14-21-19/h1-2,4-5,7,13-14H,3,6,8-12H2. The quantitative estimate of drug-likeness (QED) is 0.528. The molecule has 4 heterocycles. The van der Waals surface area contributed by atoms with Crippen LogP contribution in [0.15, 0.2) is 46.5 Å². The Balaban J connectivity index is 1.15. The van der Waals surface area contributed by atoms with E-state index in [1.807, 2.05) is 24.3 Å². The van der Waals surface area contributed by atoms with E-state index in [2.05, 4.69) is 36.2 Å². The number of para-hydroxylation sites is 2. The van der Waals surface area contributed by atoms with Crippen molar-refractivity contribution < 1.29 is 4.42 Å². The van der Waals surface area contributed by atoms with Crippen molar-refractivity contribution in [2.24, 2.45) is 0 Å². The van der Waals surface area contributed by atoms with Gasteiger partial charge < -0.3 is 9.32 Å². The molecule has 1 fully saturated rings. The summed E-state index contributed by atoms with van der Waals surface area (Å²) in [5, 5.41) is 3.26. The molecular weight excluding hydrogens is 358 g/mol. The Morgan fingerprint density at radius 1 is 1.04 bits per heavy atom. The Kier molecular flexibility index (Phi) is 4.47. The smallest absolute Gasteiger partial charge is 0.195 e. The average molecular weight is 379 g/mol. The van der Waals surface area contributed by atoms with Gasteiger partial charge in [0, 0.05) is 32.6 Å². The number of hydrogen-bond donors (Lipinski definition) is 0. The van der Waals surface area contributed by atoms with Gasteiger partial charge in [-0.3, -0.25) is 4.90 Å². The van der Waals surface area contributed by atoms with Crippen LogP contribution < -0.4 is 4.90 Å². The maximum absolute atomic E-state index is 5.81. The van der Waals surface area contributed by atoms with E-state index in [1.165, 1.54) is 5.39 Å². The zero-order valence-corrected chi connectivity index (χ0v) is 15.9. The van der Waals surface area contributed by atoms with Crippen LogP contribution in [-0.4, -0.2) is 52.6 Å². The van der Waals surface area contributed by atoms with Gasteiger partial charge in [-0.05, 0) is 36.5 Å². The number of aryl methyl sites for hydroxylation is 1. The first-order valence-electron chi connectivity index (χ1n) is 9.37. The Morgan fingerprint density at radius 3 is 2.81 bits per heavy atom. The van der Waals surface area contributed by atoms with Gasteiger partial charge in [-0.15, -0.1) is 11.3 Å². The summed E-state index contributed by atoms with van der Waals surface area (Å²) < 4.78 is 5.81. The van der Waals surface area contributed by atoms with E-state index in [9.17, 15) is 0 Å². The van der Waals surface area contributed by atoms with Crippen molar-refractivity contribution in [2.75, 3.05) is 37.6 Å². The van der Waals surface area contributed by atoms with Crippen LogP contribution in [0.2, 0.25) is 0 Å². The summed E-state index contributed by atoms with van der Waals surface area (Å²) in [5.41, 5.74) is 1.83. The number of fused-ring (bicyclic) bond motifs is 2. The van der Waals surface area contributed by atoms with Gasteiger partial charge in [0.2, 0.25) is 0 Å². The van der Waals surface area contributed by atoms with E-state index in [-0.39, 0.29) is 0 Å². The second-order valence-electron chi connectivity index (χ2n) is 6.84. The minimum Gasteiger partial charge on any atom is -0.441 e. The molecule has 1 aromatic carbocycles. The molecule has 6 nitrogen and oxygen atoms in total. The van der Waals surface area contributed by atoms with E-state index >= 15 is 0 Å². The summed E-state index contributed by atoms with van der Waals surface area (Å²) in [7, 11) is 0. The lowest BCUT2D eigenvalue weighted by molar-refractivity contribution is 0.252. The molecule has 0 bridgehead atoms. The van der Waals surface area contributed by atoms with Crippen molar-refractivity contribution in [3.8, 4) is 0 Å². The van der Waals surface area contributed by atoms with Gasteiger partial charge in [0.1, 0.15) is 22.5 Å². The van der Waals surface area contributed by atoms with Crippen molar-refractivity contribution in [1.82, 2.24) is 19.9 Å². The molecule has 1 aliphatic heterocycles. The second-order valence-corrected chi connectivity index (χ2v) is 7.74. The fourth-order valence-corrected chi connectivity index (χ4v) is 4.42. The molecule has 27 heavy (non-hydrogen) atoms. The molecule has 0 radical (unpaired) electrons. The maximum atomic E-state index is 5.81. The van der Waals surface area contributed by atoms with E-state index in [0.29, 0.717) is 0 Å². The van der Waals surface area contributed by atoms with Crippen molar-refractivity contribution >= 4 is 38.5 Å². The van der Waals surface area contributed by atoms with Crippen LogP contribution >= 0.6 is 11.3 Å². The van der Waals surface area contributed by atoms with Crippen LogP contribution in [0.4, 0.5) is 5.82 Å². The number of anilines is 1. The molecule has 4 aromatic rings. The lowest BCUT2D eigenvalue weighted by Crippen LogP contribution is -2.47. The highest BCUT2D eigenvalue weighted by molar-refractivity contribution is 7.16. The number of thiophene rings is 1. The Bertz CT molecular complexity index is 1020. The van der Waals surface area contributed by atoms with Crippen LogP contribution in [0.3, 0.4) is 0 Å². The summed E-state index contributed by atoms with van der Waals surface area (Å²) in [6.45, 7) is 5.20. The summed E-state index contributed by atoms with van der Waals surface area (Å²) in [6.07, 6.45) is 3.63. The van der Waals surface area contributed by atoms with Crippen molar-refractivity contribution in [1.29, 1.82) is 0 Å². The molecule has 0 unspecified atom stereocenters. The highest BCUT2D eigenvalue weighted by Gasteiger charge is 2.20. The SMILES string of the molecule is c1ccc2oc(CCCN3CCN(c4ncnc5sccc45)CC3)nc2c1. The Labute approximate surface area is 161 Å². The average Bonchev–Trinajstić information content (AvgIpc) is 3.34. The molecule has 1 aliphatic rings. The lowest BCUT2D eigenvalue weighted by atomic mass is 10.2. The number of hydrogen-bond acceptors (Lipinski definition) is 7. The predicted molar refractivity (Wildman–Crippen MR) is 108 cm³/mol. The topological polar surface area (TPSA) is 58.3 Å². The summed E-state index contributed by atoms with van der Waals surface area (Å²) >= 11 is 1.67. The number of nitrogens with zero attached hydrogens (tertiary/aromatic N) is 5. The van der Waals surface area contributed by atoms with Gasteiger partial charge >= 0.3 is 0 Å². The van der Waals surface area contributed by atoms with Gasteiger partial charge in [-0.2, -0.15) is 0 Å². The largest absolute Gasteiger partial charge is 0.441 e. The van der Waals surface area contributed by atoms with E-state index in [0.717, 1.165) is 73.2 Å². The van der Waals surface area contributed by atoms with Gasteiger partial charge in [0.25, 0.3) is 0 Å². The molecule has 0 amide bonds. The number of oxazole rings is 1. The van der Waals surface area contributed by atoms with Gasteiger partial charge in [-0.1, -0.05) is 12.1 Å². The first-order chi connectivity index (χ1) is 13.4. The fraction of sp³-hybridized carbons (Fsp3) is 0.350.